The monoisotopic (exact) mass is 335 g/mol. The normalized spacial score (nSPS) is 56.7. The second-order valence-corrected chi connectivity index (χ2v) is 9.43. The largest absolute Gasteiger partial charge is 0.387 e. The van der Waals surface area contributed by atoms with Crippen LogP contribution in [-0.2, 0) is 4.79 Å². The first kappa shape index (κ1) is 16.6. The Balaban J connectivity index is 1.71. The molecule has 1 amide bonds. The summed E-state index contributed by atoms with van der Waals surface area (Å²) in [6.07, 6.45) is 7.15. The van der Waals surface area contributed by atoms with Gasteiger partial charge in [0, 0.05) is 23.9 Å². The summed E-state index contributed by atoms with van der Waals surface area (Å²) in [6, 6.07) is 0.253. The number of amides is 1. The van der Waals surface area contributed by atoms with Gasteiger partial charge in [0.1, 0.15) is 6.17 Å². The highest BCUT2D eigenvalue weighted by Gasteiger charge is 2.66. The Kier molecular flexibility index (Phi) is 3.34. The van der Waals surface area contributed by atoms with Crippen molar-refractivity contribution in [2.24, 2.45) is 28.6 Å². The fourth-order valence-electron chi connectivity index (χ4n) is 6.93. The molecule has 4 heteroatoms. The average molecular weight is 335 g/mol. The van der Waals surface area contributed by atoms with Crippen LogP contribution in [0.4, 0.5) is 4.39 Å². The third-order valence-electron chi connectivity index (χ3n) is 8.74. The molecular formula is C20H30FNO2. The number of likely N-dealkylation sites (N-methyl/N-ethyl adjacent to an activating group) is 1. The number of carbonyl (C=O) groups is 1. The minimum Gasteiger partial charge on any atom is -0.387 e. The van der Waals surface area contributed by atoms with Gasteiger partial charge in [-0.3, -0.25) is 4.79 Å². The number of aliphatic hydroxyl groups is 1. The molecule has 3 fully saturated rings. The second-order valence-electron chi connectivity index (χ2n) is 9.43. The van der Waals surface area contributed by atoms with Crippen molar-refractivity contribution in [2.75, 3.05) is 7.05 Å². The molecule has 4 aliphatic rings. The van der Waals surface area contributed by atoms with Crippen LogP contribution < -0.4 is 0 Å². The Hall–Kier alpha value is -0.900. The highest BCUT2D eigenvalue weighted by atomic mass is 19.1. The highest BCUT2D eigenvalue weighted by molar-refractivity contribution is 5.89. The molecule has 1 heterocycles. The summed E-state index contributed by atoms with van der Waals surface area (Å²) in [5.74, 6) is 1.27. The smallest absolute Gasteiger partial charge is 0.246 e. The summed E-state index contributed by atoms with van der Waals surface area (Å²) in [7, 11) is 1.92. The average Bonchev–Trinajstić information content (AvgIpc) is 2.71. The van der Waals surface area contributed by atoms with Crippen LogP contribution in [0, 0.1) is 28.6 Å². The number of alkyl halides is 1. The zero-order valence-corrected chi connectivity index (χ0v) is 15.3. The van der Waals surface area contributed by atoms with E-state index in [2.05, 4.69) is 19.9 Å². The fraction of sp³-hybridized carbons (Fsp3) is 0.850. The molecule has 134 valence electrons. The lowest BCUT2D eigenvalue weighted by Crippen LogP contribution is -2.60. The maximum absolute atomic E-state index is 14.6. The van der Waals surface area contributed by atoms with Crippen LogP contribution >= 0.6 is 0 Å². The first-order chi connectivity index (χ1) is 11.1. The molecule has 0 aromatic heterocycles. The van der Waals surface area contributed by atoms with E-state index in [4.69, 9.17) is 0 Å². The first-order valence-corrected chi connectivity index (χ1v) is 9.45. The molecule has 0 aromatic rings. The van der Waals surface area contributed by atoms with E-state index in [1.165, 1.54) is 0 Å². The Morgan fingerprint density at radius 3 is 2.62 bits per heavy atom. The number of halogens is 1. The molecular weight excluding hydrogens is 305 g/mol. The highest BCUT2D eigenvalue weighted by Crippen LogP contribution is 2.66. The maximum Gasteiger partial charge on any atom is 0.246 e. The summed E-state index contributed by atoms with van der Waals surface area (Å²) < 4.78 is 14.6. The van der Waals surface area contributed by atoms with Gasteiger partial charge in [0.2, 0.25) is 5.91 Å². The van der Waals surface area contributed by atoms with Crippen molar-refractivity contribution in [1.29, 1.82) is 0 Å². The zero-order valence-electron chi connectivity index (χ0n) is 15.3. The van der Waals surface area contributed by atoms with E-state index in [0.29, 0.717) is 18.3 Å². The van der Waals surface area contributed by atoms with Crippen LogP contribution in [0.15, 0.2) is 12.2 Å². The topological polar surface area (TPSA) is 40.5 Å². The molecule has 3 unspecified atom stereocenters. The van der Waals surface area contributed by atoms with Crippen molar-refractivity contribution < 1.29 is 14.3 Å². The van der Waals surface area contributed by atoms with Gasteiger partial charge in [0.05, 0.1) is 5.60 Å². The lowest BCUT2D eigenvalue weighted by molar-refractivity contribution is -0.151. The molecule has 24 heavy (non-hydrogen) atoms. The van der Waals surface area contributed by atoms with Gasteiger partial charge in [0.15, 0.2) is 0 Å². The molecule has 1 N–H and O–H groups in total. The predicted octanol–water partition coefficient (Wildman–Crippen LogP) is 3.32. The van der Waals surface area contributed by atoms with E-state index >= 15 is 0 Å². The summed E-state index contributed by atoms with van der Waals surface area (Å²) >= 11 is 0. The number of carbonyl (C=O) groups excluding carboxylic acids is 1. The molecule has 0 radical (unpaired) electrons. The van der Waals surface area contributed by atoms with Gasteiger partial charge in [-0.2, -0.15) is 0 Å². The fourth-order valence-corrected chi connectivity index (χ4v) is 6.93. The van der Waals surface area contributed by atoms with E-state index in [-0.39, 0.29) is 28.7 Å². The molecule has 3 nitrogen and oxygen atoms in total. The Morgan fingerprint density at radius 1 is 1.21 bits per heavy atom. The zero-order chi connectivity index (χ0) is 17.5. The van der Waals surface area contributed by atoms with Crippen molar-refractivity contribution in [3.8, 4) is 0 Å². The van der Waals surface area contributed by atoms with Crippen molar-refractivity contribution in [1.82, 2.24) is 4.90 Å². The Bertz CT molecular complexity index is 602. The maximum atomic E-state index is 14.6. The summed E-state index contributed by atoms with van der Waals surface area (Å²) in [5, 5.41) is 10.8. The third kappa shape index (κ3) is 1.79. The molecule has 3 aliphatic carbocycles. The third-order valence-corrected chi connectivity index (χ3v) is 8.74. The lowest BCUT2D eigenvalue weighted by atomic mass is 9.47. The van der Waals surface area contributed by atoms with Crippen LogP contribution in [0.3, 0.4) is 0 Å². The molecule has 0 spiro atoms. The van der Waals surface area contributed by atoms with E-state index in [1.807, 2.05) is 11.9 Å². The predicted molar refractivity (Wildman–Crippen MR) is 91.0 cm³/mol. The van der Waals surface area contributed by atoms with Crippen LogP contribution in [0.5, 0.6) is 0 Å². The molecule has 4 rings (SSSR count). The number of hydrogen-bond donors (Lipinski definition) is 1. The minimum atomic E-state index is -1.21. The van der Waals surface area contributed by atoms with Crippen LogP contribution in [0.2, 0.25) is 0 Å². The number of nitrogens with zero attached hydrogens (tertiary/aromatic N) is 1. The van der Waals surface area contributed by atoms with Gasteiger partial charge in [-0.15, -0.1) is 0 Å². The van der Waals surface area contributed by atoms with Gasteiger partial charge in [-0.25, -0.2) is 4.39 Å². The van der Waals surface area contributed by atoms with Crippen LogP contribution in [0.1, 0.15) is 52.9 Å². The van der Waals surface area contributed by atoms with Gasteiger partial charge in [-0.1, -0.05) is 19.9 Å². The SMILES string of the molecule is CN1C(=O)C=C[C@@]2(C)C1CC[C@@H]1[C@H]2CC[C@@]2(C)[C@H]1CC(F)C2(C)O. The summed E-state index contributed by atoms with van der Waals surface area (Å²) in [6.45, 7) is 6.10. The standard InChI is InChI=1S/C20H30FNO2/c1-18-9-8-17(23)22(4)16(18)6-5-12-13(18)7-10-19(2)14(12)11-15(21)20(19,3)24/h8-9,12-16,24H,5-7,10-11H2,1-4H3/t12-,13-,14+,15?,16?,18-,19+,20?/m1/s1. The van der Waals surface area contributed by atoms with E-state index < -0.39 is 11.8 Å². The second kappa shape index (κ2) is 4.84. The van der Waals surface area contributed by atoms with Crippen LogP contribution in [0.25, 0.3) is 0 Å². The number of hydrogen-bond acceptors (Lipinski definition) is 2. The van der Waals surface area contributed by atoms with E-state index in [0.717, 1.165) is 25.7 Å². The first-order valence-electron chi connectivity index (χ1n) is 9.45. The van der Waals surface area contributed by atoms with Crippen molar-refractivity contribution in [3.05, 3.63) is 12.2 Å². The Morgan fingerprint density at radius 2 is 1.92 bits per heavy atom. The molecule has 8 atom stereocenters. The quantitative estimate of drug-likeness (QED) is 0.738. The van der Waals surface area contributed by atoms with Crippen molar-refractivity contribution >= 4 is 5.91 Å². The molecule has 3 saturated carbocycles. The molecule has 1 aliphatic heterocycles. The molecule has 0 aromatic carbocycles. The number of rotatable bonds is 0. The van der Waals surface area contributed by atoms with Gasteiger partial charge < -0.3 is 10.0 Å². The van der Waals surface area contributed by atoms with Gasteiger partial charge >= 0.3 is 0 Å². The Labute approximate surface area is 144 Å². The molecule has 0 bridgehead atoms. The lowest BCUT2D eigenvalue weighted by Gasteiger charge is -2.60. The van der Waals surface area contributed by atoms with Crippen LogP contribution in [-0.4, -0.2) is 40.8 Å². The summed E-state index contributed by atoms with van der Waals surface area (Å²) in [5.41, 5.74) is -1.56. The van der Waals surface area contributed by atoms with Gasteiger partial charge in [0.25, 0.3) is 0 Å². The van der Waals surface area contributed by atoms with E-state index in [1.54, 1.807) is 13.0 Å². The van der Waals surface area contributed by atoms with Gasteiger partial charge in [-0.05, 0) is 62.9 Å². The van der Waals surface area contributed by atoms with Crippen molar-refractivity contribution in [2.45, 2.75) is 70.7 Å². The minimum absolute atomic E-state index is 0.0207. The van der Waals surface area contributed by atoms with Crippen molar-refractivity contribution in [3.63, 3.8) is 0 Å². The number of fused-ring (bicyclic) bond motifs is 5. The van der Waals surface area contributed by atoms with E-state index in [9.17, 15) is 14.3 Å². The summed E-state index contributed by atoms with van der Waals surface area (Å²) in [4.78, 5) is 14.0. The molecule has 0 saturated heterocycles.